The summed E-state index contributed by atoms with van der Waals surface area (Å²) in [5.74, 6) is 1.90. The summed E-state index contributed by atoms with van der Waals surface area (Å²) < 4.78 is 6.00. The zero-order valence-corrected chi connectivity index (χ0v) is 16.3. The first-order valence-corrected chi connectivity index (χ1v) is 10.5. The number of benzene rings is 1. The van der Waals surface area contributed by atoms with Crippen molar-refractivity contribution in [1.29, 1.82) is 0 Å². The van der Waals surface area contributed by atoms with E-state index in [2.05, 4.69) is 18.0 Å². The zero-order valence-electron chi connectivity index (χ0n) is 16.3. The van der Waals surface area contributed by atoms with Gasteiger partial charge in [-0.3, -0.25) is 0 Å². The number of aryl methyl sites for hydroxylation is 1. The van der Waals surface area contributed by atoms with Crippen LogP contribution in [0.15, 0.2) is 42.6 Å². The van der Waals surface area contributed by atoms with Gasteiger partial charge in [-0.15, -0.1) is 0 Å². The van der Waals surface area contributed by atoms with E-state index in [9.17, 15) is 9.90 Å². The number of hydrogen-bond acceptors (Lipinski definition) is 4. The summed E-state index contributed by atoms with van der Waals surface area (Å²) in [5.41, 5.74) is 3.21. The molecule has 1 N–H and O–H groups in total. The molecule has 0 bridgehead atoms. The highest BCUT2D eigenvalue weighted by atomic mass is 16.5. The third-order valence-corrected chi connectivity index (χ3v) is 7.75. The van der Waals surface area contributed by atoms with Crippen molar-refractivity contribution in [2.24, 2.45) is 17.3 Å². The number of fused-ring (bicyclic) bond motifs is 5. The monoisotopic (exact) mass is 377 g/mol. The van der Waals surface area contributed by atoms with Gasteiger partial charge >= 0.3 is 5.97 Å². The Hall–Kier alpha value is -2.36. The lowest BCUT2D eigenvalue weighted by Crippen LogP contribution is -2.45. The molecule has 4 heteroatoms. The van der Waals surface area contributed by atoms with E-state index in [4.69, 9.17) is 4.74 Å². The summed E-state index contributed by atoms with van der Waals surface area (Å²) in [6.07, 6.45) is 8.12. The van der Waals surface area contributed by atoms with Gasteiger partial charge in [0.25, 0.3) is 0 Å². The van der Waals surface area contributed by atoms with Crippen LogP contribution in [0.2, 0.25) is 0 Å². The minimum atomic E-state index is -0.293. The summed E-state index contributed by atoms with van der Waals surface area (Å²) in [6.45, 7) is 2.34. The molecule has 5 rings (SSSR count). The lowest BCUT2D eigenvalue weighted by atomic mass is 9.55. The average molecular weight is 377 g/mol. The first-order chi connectivity index (χ1) is 13.6. The highest BCUT2D eigenvalue weighted by molar-refractivity contribution is 5.87. The fraction of sp³-hybridized carbons (Fsp3) is 0.500. The Labute approximate surface area is 166 Å². The van der Waals surface area contributed by atoms with Crippen LogP contribution in [-0.2, 0) is 11.2 Å². The molecule has 1 aromatic heterocycles. The standard InChI is InChI=1S/C24H27NO3/c1-24-12-11-18-17-8-6-16(26)14-15(17)5-7-19(18)20(24)9-10-22(24)28-23(27)21-4-2-3-13-25-21/h2-4,6,8,13-14,18-20,22,26H,5,7,9-12H2,1H3/t18-,19-,20+,22+,24+/m1/s1. The molecule has 0 unspecified atom stereocenters. The molecule has 0 radical (unpaired) electrons. The van der Waals surface area contributed by atoms with Crippen LogP contribution in [0.5, 0.6) is 5.75 Å². The number of hydrogen-bond donors (Lipinski definition) is 1. The summed E-state index contributed by atoms with van der Waals surface area (Å²) in [5, 5.41) is 9.83. The first-order valence-electron chi connectivity index (χ1n) is 10.5. The van der Waals surface area contributed by atoms with Crippen molar-refractivity contribution in [3.63, 3.8) is 0 Å². The largest absolute Gasteiger partial charge is 0.508 e. The van der Waals surface area contributed by atoms with Crippen molar-refractivity contribution in [2.75, 3.05) is 0 Å². The van der Waals surface area contributed by atoms with Crippen molar-refractivity contribution in [3.8, 4) is 5.75 Å². The van der Waals surface area contributed by atoms with Crippen LogP contribution in [-0.4, -0.2) is 22.2 Å². The molecular formula is C24H27NO3. The van der Waals surface area contributed by atoms with Crippen molar-refractivity contribution < 1.29 is 14.6 Å². The number of esters is 1. The second kappa shape index (κ2) is 6.61. The van der Waals surface area contributed by atoms with Gasteiger partial charge in [-0.1, -0.05) is 19.1 Å². The molecule has 2 fully saturated rings. The third-order valence-electron chi connectivity index (χ3n) is 7.75. The highest BCUT2D eigenvalue weighted by Gasteiger charge is 2.56. The minimum absolute atomic E-state index is 0.0193. The number of ether oxygens (including phenoxy) is 1. The lowest BCUT2D eigenvalue weighted by molar-refractivity contribution is -0.0431. The highest BCUT2D eigenvalue weighted by Crippen LogP contribution is 2.61. The van der Waals surface area contributed by atoms with Gasteiger partial charge in [-0.05, 0) is 91.7 Å². The molecule has 146 valence electrons. The van der Waals surface area contributed by atoms with E-state index >= 15 is 0 Å². The Morgan fingerprint density at radius 1 is 1.18 bits per heavy atom. The summed E-state index contributed by atoms with van der Waals surface area (Å²) in [7, 11) is 0. The van der Waals surface area contributed by atoms with Gasteiger partial charge in [0.1, 0.15) is 17.5 Å². The fourth-order valence-electron chi connectivity index (χ4n) is 6.39. The predicted molar refractivity (Wildman–Crippen MR) is 106 cm³/mol. The van der Waals surface area contributed by atoms with Crippen LogP contribution >= 0.6 is 0 Å². The van der Waals surface area contributed by atoms with Crippen molar-refractivity contribution in [2.45, 2.75) is 57.5 Å². The number of phenolic OH excluding ortho intramolecular Hbond substituents is 1. The Bertz CT molecular complexity index is 896. The van der Waals surface area contributed by atoms with E-state index in [0.29, 0.717) is 29.2 Å². The number of nitrogens with zero attached hydrogens (tertiary/aromatic N) is 1. The summed E-state index contributed by atoms with van der Waals surface area (Å²) >= 11 is 0. The number of carbonyl (C=O) groups is 1. The number of rotatable bonds is 2. The Morgan fingerprint density at radius 3 is 2.89 bits per heavy atom. The van der Waals surface area contributed by atoms with Crippen LogP contribution in [0.25, 0.3) is 0 Å². The van der Waals surface area contributed by atoms with Crippen LogP contribution in [0.4, 0.5) is 0 Å². The van der Waals surface area contributed by atoms with Crippen LogP contribution < -0.4 is 0 Å². The summed E-state index contributed by atoms with van der Waals surface area (Å²) in [6, 6.07) is 11.3. The molecule has 4 nitrogen and oxygen atoms in total. The average Bonchev–Trinajstić information content (AvgIpc) is 3.04. The maximum atomic E-state index is 12.6. The van der Waals surface area contributed by atoms with E-state index in [0.717, 1.165) is 32.1 Å². The SMILES string of the molecule is C[C@]12CC[C@@H]3c4ccc(O)cc4CC[C@H]3[C@@H]1CC[C@@H]2OC(=O)c1ccccn1. The molecule has 3 aliphatic carbocycles. The molecule has 0 saturated heterocycles. The number of carbonyl (C=O) groups excluding carboxylic acids is 1. The van der Waals surface area contributed by atoms with Gasteiger partial charge in [0.15, 0.2) is 0 Å². The number of aromatic nitrogens is 1. The molecule has 5 atom stereocenters. The molecule has 0 aliphatic heterocycles. The van der Waals surface area contributed by atoms with Gasteiger partial charge < -0.3 is 9.84 Å². The molecule has 2 saturated carbocycles. The molecule has 1 heterocycles. The number of aromatic hydroxyl groups is 1. The van der Waals surface area contributed by atoms with Crippen LogP contribution in [0.1, 0.15) is 66.6 Å². The van der Waals surface area contributed by atoms with Gasteiger partial charge in [-0.2, -0.15) is 0 Å². The van der Waals surface area contributed by atoms with E-state index in [1.165, 1.54) is 17.5 Å². The van der Waals surface area contributed by atoms with Crippen LogP contribution in [0, 0.1) is 17.3 Å². The molecule has 2 aromatic rings. The molecular weight excluding hydrogens is 350 g/mol. The normalized spacial score (nSPS) is 33.5. The second-order valence-electron chi connectivity index (χ2n) is 9.03. The lowest BCUT2D eigenvalue weighted by Gasteiger charge is -2.50. The molecule has 3 aliphatic rings. The van der Waals surface area contributed by atoms with E-state index in [-0.39, 0.29) is 17.5 Å². The maximum absolute atomic E-state index is 12.6. The molecule has 0 spiro atoms. The number of pyridine rings is 1. The molecule has 0 amide bonds. The van der Waals surface area contributed by atoms with Gasteiger partial charge in [0.05, 0.1) is 0 Å². The predicted octanol–water partition coefficient (Wildman–Crippen LogP) is 4.87. The minimum Gasteiger partial charge on any atom is -0.508 e. The maximum Gasteiger partial charge on any atom is 0.357 e. The van der Waals surface area contributed by atoms with E-state index in [1.807, 2.05) is 24.3 Å². The Kier molecular flexibility index (Phi) is 4.18. The second-order valence-corrected chi connectivity index (χ2v) is 9.03. The van der Waals surface area contributed by atoms with Crippen molar-refractivity contribution in [3.05, 3.63) is 59.4 Å². The van der Waals surface area contributed by atoms with Gasteiger partial charge in [0.2, 0.25) is 0 Å². The zero-order chi connectivity index (χ0) is 19.3. The third kappa shape index (κ3) is 2.73. The van der Waals surface area contributed by atoms with E-state index < -0.39 is 0 Å². The summed E-state index contributed by atoms with van der Waals surface area (Å²) in [4.78, 5) is 16.7. The fourth-order valence-corrected chi connectivity index (χ4v) is 6.39. The smallest absolute Gasteiger partial charge is 0.357 e. The molecule has 1 aromatic carbocycles. The van der Waals surface area contributed by atoms with Crippen LogP contribution in [0.3, 0.4) is 0 Å². The topological polar surface area (TPSA) is 59.4 Å². The van der Waals surface area contributed by atoms with E-state index in [1.54, 1.807) is 12.3 Å². The Morgan fingerprint density at radius 2 is 2.07 bits per heavy atom. The quantitative estimate of drug-likeness (QED) is 0.759. The van der Waals surface area contributed by atoms with Gasteiger partial charge in [-0.25, -0.2) is 9.78 Å². The Balaban J connectivity index is 1.37. The van der Waals surface area contributed by atoms with Gasteiger partial charge in [0, 0.05) is 11.6 Å². The molecule has 28 heavy (non-hydrogen) atoms. The first kappa shape index (κ1) is 17.7. The number of phenols is 1. The van der Waals surface area contributed by atoms with Crippen molar-refractivity contribution in [1.82, 2.24) is 4.98 Å². The van der Waals surface area contributed by atoms with Crippen molar-refractivity contribution >= 4 is 5.97 Å².